The van der Waals surface area contributed by atoms with E-state index in [-0.39, 0.29) is 5.88 Å². The lowest BCUT2D eigenvalue weighted by atomic mass is 10.5. The van der Waals surface area contributed by atoms with Crippen LogP contribution in [0, 0.1) is 0 Å². The highest BCUT2D eigenvalue weighted by atomic mass is 35.6. The summed E-state index contributed by atoms with van der Waals surface area (Å²) in [7, 11) is 0. The maximum absolute atomic E-state index is 11.0. The average molecular weight is 240 g/mol. The van der Waals surface area contributed by atoms with Crippen LogP contribution in [0.2, 0.25) is 0 Å². The maximum Gasteiger partial charge on any atom is 0.365 e. The van der Waals surface area contributed by atoms with Crippen LogP contribution in [0.25, 0.3) is 0 Å². The Labute approximate surface area is 89.6 Å². The van der Waals surface area contributed by atoms with Gasteiger partial charge in [-0.1, -0.05) is 40.9 Å². The monoisotopic (exact) mass is 239 g/mol. The Morgan fingerprint density at radius 2 is 2.08 bits per heavy atom. The molecule has 0 aliphatic rings. The van der Waals surface area contributed by atoms with Crippen molar-refractivity contribution in [1.82, 2.24) is 4.98 Å². The Bertz CT molecular complexity index is 296. The summed E-state index contributed by atoms with van der Waals surface area (Å²) in [5.74, 6) is -0.880. The van der Waals surface area contributed by atoms with E-state index in [1.54, 1.807) is 12.1 Å². The third-order valence-electron chi connectivity index (χ3n) is 1.07. The number of pyridine rings is 1. The fourth-order valence-electron chi connectivity index (χ4n) is 0.560. The van der Waals surface area contributed by atoms with Crippen LogP contribution in [0.1, 0.15) is 0 Å². The van der Waals surface area contributed by atoms with Gasteiger partial charge in [0.2, 0.25) is 5.88 Å². The van der Waals surface area contributed by atoms with Gasteiger partial charge in [0.05, 0.1) is 0 Å². The largest absolute Gasteiger partial charge is 0.404 e. The first-order valence-corrected chi connectivity index (χ1v) is 4.33. The second-order valence-corrected chi connectivity index (χ2v) is 4.34. The van der Waals surface area contributed by atoms with E-state index in [9.17, 15) is 4.79 Å². The summed E-state index contributed by atoms with van der Waals surface area (Å²) in [6.07, 6.45) is 1.46. The summed E-state index contributed by atoms with van der Waals surface area (Å²) in [4.78, 5) is 14.7. The molecule has 0 aliphatic heterocycles. The molecule has 0 bridgehead atoms. The van der Waals surface area contributed by atoms with Gasteiger partial charge in [-0.05, 0) is 6.07 Å². The molecule has 1 aromatic heterocycles. The van der Waals surface area contributed by atoms with Crippen LogP contribution < -0.4 is 4.74 Å². The molecule has 6 heteroatoms. The van der Waals surface area contributed by atoms with Gasteiger partial charge in [0.15, 0.2) is 0 Å². The van der Waals surface area contributed by atoms with Crippen molar-refractivity contribution in [3.8, 4) is 5.88 Å². The molecular formula is C7H4Cl3NO2. The molecule has 0 aromatic carbocycles. The normalized spacial score (nSPS) is 11.0. The molecule has 1 aromatic rings. The van der Waals surface area contributed by atoms with Gasteiger partial charge >= 0.3 is 5.97 Å². The molecule has 0 atom stereocenters. The SMILES string of the molecule is O=C(Oc1ccccn1)C(Cl)(Cl)Cl. The first kappa shape index (κ1) is 10.6. The molecular weight excluding hydrogens is 236 g/mol. The van der Waals surface area contributed by atoms with Gasteiger partial charge in [0.1, 0.15) is 0 Å². The molecule has 0 fully saturated rings. The average Bonchev–Trinajstić information content (AvgIpc) is 2.04. The van der Waals surface area contributed by atoms with E-state index in [0.29, 0.717) is 0 Å². The summed E-state index contributed by atoms with van der Waals surface area (Å²) >= 11 is 15.8. The van der Waals surface area contributed by atoms with Crippen molar-refractivity contribution in [3.63, 3.8) is 0 Å². The number of carbonyl (C=O) groups is 1. The highest BCUT2D eigenvalue weighted by molar-refractivity contribution is 6.75. The van der Waals surface area contributed by atoms with E-state index in [2.05, 4.69) is 9.72 Å². The quantitative estimate of drug-likeness (QED) is 0.559. The smallest absolute Gasteiger partial charge is 0.365 e. The second-order valence-electron chi connectivity index (χ2n) is 2.06. The van der Waals surface area contributed by atoms with Gasteiger partial charge in [-0.15, -0.1) is 0 Å². The minimum Gasteiger partial charge on any atom is -0.404 e. The molecule has 0 spiro atoms. The Hall–Kier alpha value is -0.510. The number of hydrogen-bond donors (Lipinski definition) is 0. The molecule has 0 amide bonds. The summed E-state index contributed by atoms with van der Waals surface area (Å²) in [5.41, 5.74) is 0. The number of alkyl halides is 3. The zero-order valence-electron chi connectivity index (χ0n) is 6.21. The topological polar surface area (TPSA) is 39.2 Å². The predicted molar refractivity (Wildman–Crippen MR) is 50.2 cm³/mol. The fraction of sp³-hybridized carbons (Fsp3) is 0.143. The fourth-order valence-corrected chi connectivity index (χ4v) is 0.676. The number of carbonyl (C=O) groups excluding carboxylic acids is 1. The first-order chi connectivity index (χ1) is 6.00. The highest BCUT2D eigenvalue weighted by Gasteiger charge is 2.33. The number of esters is 1. The second kappa shape index (κ2) is 4.13. The van der Waals surface area contributed by atoms with E-state index in [1.807, 2.05) is 0 Å². The van der Waals surface area contributed by atoms with Gasteiger partial charge < -0.3 is 4.74 Å². The van der Waals surface area contributed by atoms with E-state index in [4.69, 9.17) is 34.8 Å². The highest BCUT2D eigenvalue weighted by Crippen LogP contribution is 2.27. The van der Waals surface area contributed by atoms with Crippen molar-refractivity contribution in [2.24, 2.45) is 0 Å². The number of nitrogens with zero attached hydrogens (tertiary/aromatic N) is 1. The molecule has 70 valence electrons. The predicted octanol–water partition coefficient (Wildman–Crippen LogP) is 2.36. The lowest BCUT2D eigenvalue weighted by molar-refractivity contribution is -0.133. The molecule has 0 aliphatic carbocycles. The van der Waals surface area contributed by atoms with Crippen LogP contribution in [0.5, 0.6) is 5.88 Å². The van der Waals surface area contributed by atoms with Gasteiger partial charge in [-0.25, -0.2) is 9.78 Å². The van der Waals surface area contributed by atoms with E-state index in [0.717, 1.165) is 0 Å². The van der Waals surface area contributed by atoms with Crippen LogP contribution in [0.15, 0.2) is 24.4 Å². The zero-order chi connectivity index (χ0) is 9.90. The van der Waals surface area contributed by atoms with Gasteiger partial charge in [0.25, 0.3) is 3.79 Å². The van der Waals surface area contributed by atoms with Crippen molar-refractivity contribution in [2.45, 2.75) is 3.79 Å². The number of halogens is 3. The molecule has 1 rings (SSSR count). The third-order valence-corrected chi connectivity index (χ3v) is 1.53. The summed E-state index contributed by atoms with van der Waals surface area (Å²) in [5, 5.41) is 0. The summed E-state index contributed by atoms with van der Waals surface area (Å²) in [6.45, 7) is 0. The molecule has 3 nitrogen and oxygen atoms in total. The molecule has 1 heterocycles. The Kier molecular flexibility index (Phi) is 3.36. The zero-order valence-corrected chi connectivity index (χ0v) is 8.47. The lowest BCUT2D eigenvalue weighted by Gasteiger charge is -2.08. The molecule has 13 heavy (non-hydrogen) atoms. The van der Waals surface area contributed by atoms with Gasteiger partial charge in [0, 0.05) is 12.3 Å². The number of ether oxygens (including phenoxy) is 1. The minimum absolute atomic E-state index is 0.0961. The first-order valence-electron chi connectivity index (χ1n) is 3.20. The van der Waals surface area contributed by atoms with Crippen molar-refractivity contribution in [3.05, 3.63) is 24.4 Å². The van der Waals surface area contributed by atoms with Crippen LogP contribution in [-0.4, -0.2) is 14.7 Å². The Morgan fingerprint density at radius 1 is 1.38 bits per heavy atom. The van der Waals surface area contributed by atoms with E-state index < -0.39 is 9.76 Å². The van der Waals surface area contributed by atoms with Crippen LogP contribution in [0.3, 0.4) is 0 Å². The van der Waals surface area contributed by atoms with E-state index in [1.165, 1.54) is 12.3 Å². The standard InChI is InChI=1S/C7H4Cl3NO2/c8-7(9,10)6(12)13-5-3-1-2-4-11-5/h1-4H. The van der Waals surface area contributed by atoms with E-state index >= 15 is 0 Å². The van der Waals surface area contributed by atoms with Gasteiger partial charge in [-0.3, -0.25) is 0 Å². The molecule has 0 saturated carbocycles. The molecule has 0 unspecified atom stereocenters. The van der Waals surface area contributed by atoms with Gasteiger partial charge in [-0.2, -0.15) is 0 Å². The third kappa shape index (κ3) is 3.38. The number of rotatable bonds is 1. The Morgan fingerprint density at radius 3 is 2.54 bits per heavy atom. The van der Waals surface area contributed by atoms with Crippen LogP contribution in [-0.2, 0) is 4.79 Å². The number of hydrogen-bond acceptors (Lipinski definition) is 3. The van der Waals surface area contributed by atoms with Crippen molar-refractivity contribution in [1.29, 1.82) is 0 Å². The summed E-state index contributed by atoms with van der Waals surface area (Å²) < 4.78 is 2.56. The minimum atomic E-state index is -2.07. The van der Waals surface area contributed by atoms with Crippen LogP contribution >= 0.6 is 34.8 Å². The maximum atomic E-state index is 11.0. The molecule has 0 saturated heterocycles. The van der Waals surface area contributed by atoms with Crippen molar-refractivity contribution >= 4 is 40.8 Å². The van der Waals surface area contributed by atoms with Crippen molar-refractivity contribution in [2.75, 3.05) is 0 Å². The lowest BCUT2D eigenvalue weighted by Crippen LogP contribution is -2.25. The van der Waals surface area contributed by atoms with Crippen molar-refractivity contribution < 1.29 is 9.53 Å². The van der Waals surface area contributed by atoms with Crippen LogP contribution in [0.4, 0.5) is 0 Å². The number of aromatic nitrogens is 1. The molecule has 0 radical (unpaired) electrons. The Balaban J connectivity index is 2.66. The molecule has 0 N–H and O–H groups in total. The summed E-state index contributed by atoms with van der Waals surface area (Å²) in [6, 6.07) is 4.80.